The summed E-state index contributed by atoms with van der Waals surface area (Å²) in [6, 6.07) is 0. The molecule has 0 aromatic rings. The predicted octanol–water partition coefficient (Wildman–Crippen LogP) is -0.0789. The van der Waals surface area contributed by atoms with E-state index in [1.807, 2.05) is 0 Å². The van der Waals surface area contributed by atoms with Gasteiger partial charge in [0.05, 0.1) is 0 Å². The Morgan fingerprint density at radius 2 is 2.00 bits per heavy atom. The highest BCUT2D eigenvalue weighted by atomic mass is 32.2. The lowest BCUT2D eigenvalue weighted by molar-refractivity contribution is -0.155. The molecule has 0 aromatic heterocycles. The molecule has 7 nitrogen and oxygen atoms in total. The second-order valence-electron chi connectivity index (χ2n) is 4.66. The predicted molar refractivity (Wildman–Crippen MR) is 66.0 cm³/mol. The first-order valence-corrected chi connectivity index (χ1v) is 6.89. The molecule has 104 valence electrons. The smallest absolute Gasteiger partial charge is 0.313 e. The quantitative estimate of drug-likeness (QED) is 0.700. The van der Waals surface area contributed by atoms with Crippen molar-refractivity contribution in [3.63, 3.8) is 0 Å². The number of carboxylic acids is 1. The Morgan fingerprint density at radius 1 is 1.37 bits per heavy atom. The zero-order chi connectivity index (χ0) is 14.1. The summed E-state index contributed by atoms with van der Waals surface area (Å²) in [7, 11) is 0. The molecule has 1 aliphatic heterocycles. The third kappa shape index (κ3) is 2.00. The highest BCUT2D eigenvalue weighted by Gasteiger charge is 2.61. The van der Waals surface area contributed by atoms with Crippen LogP contribution in [0.5, 0.6) is 0 Å². The van der Waals surface area contributed by atoms with Crippen LogP contribution in [0.25, 0.3) is 0 Å². The van der Waals surface area contributed by atoms with Gasteiger partial charge < -0.3 is 9.66 Å². The number of nitrogens with zero attached hydrogens (tertiary/aromatic N) is 1. The fourth-order valence-corrected chi connectivity index (χ4v) is 3.22. The van der Waals surface area contributed by atoms with E-state index in [0.717, 1.165) is 0 Å². The van der Waals surface area contributed by atoms with E-state index in [-0.39, 0.29) is 0 Å². The maximum absolute atomic E-state index is 12.1. The summed E-state index contributed by atoms with van der Waals surface area (Å²) in [4.78, 5) is 27.8. The van der Waals surface area contributed by atoms with Crippen molar-refractivity contribution in [2.45, 2.75) is 31.2 Å². The van der Waals surface area contributed by atoms with Gasteiger partial charge in [-0.15, -0.1) is 0 Å². The van der Waals surface area contributed by atoms with Crippen molar-refractivity contribution < 1.29 is 23.5 Å². The van der Waals surface area contributed by atoms with Gasteiger partial charge in [-0.05, 0) is 25.0 Å². The van der Waals surface area contributed by atoms with Crippen molar-refractivity contribution in [1.29, 1.82) is 0 Å². The standard InChI is InChI=1S/C11H14N2O5S/c14-8(13-19(17)18)11(6-3-7-12-11)10(9(15)16)4-1-2-5-10/h3,6-7H,1-2,4-5H2,(H,13,14)(H,15,16)(H,17,18)/p-1. The Bertz CT molecular complexity index is 481. The zero-order valence-electron chi connectivity index (χ0n) is 10.00. The number of nitrogens with one attached hydrogen (secondary N) is 1. The van der Waals surface area contributed by atoms with E-state index < -0.39 is 34.1 Å². The molecule has 1 heterocycles. The van der Waals surface area contributed by atoms with Gasteiger partial charge in [-0.3, -0.25) is 23.5 Å². The van der Waals surface area contributed by atoms with E-state index in [4.69, 9.17) is 0 Å². The van der Waals surface area contributed by atoms with Gasteiger partial charge in [0.15, 0.2) is 5.54 Å². The van der Waals surface area contributed by atoms with Crippen molar-refractivity contribution in [2.75, 3.05) is 0 Å². The highest BCUT2D eigenvalue weighted by Crippen LogP contribution is 2.50. The van der Waals surface area contributed by atoms with Gasteiger partial charge in [0, 0.05) is 17.5 Å². The van der Waals surface area contributed by atoms with E-state index in [1.165, 1.54) is 18.4 Å². The second kappa shape index (κ2) is 4.86. The third-order valence-electron chi connectivity index (χ3n) is 3.82. The Labute approximate surface area is 112 Å². The summed E-state index contributed by atoms with van der Waals surface area (Å²) in [5.41, 5.74) is -3.05. The fraction of sp³-hybridized carbons (Fsp3) is 0.545. The minimum Gasteiger partial charge on any atom is -0.755 e. The lowest BCUT2D eigenvalue weighted by Gasteiger charge is -2.38. The number of aliphatic carboxylic acids is 1. The first-order valence-electron chi connectivity index (χ1n) is 5.81. The SMILES string of the molecule is O=C(O)C1(C2(C(=O)NS(=O)[O-])C=CC=N2)CCCC1. The third-order valence-corrected chi connectivity index (χ3v) is 4.17. The molecule has 1 aliphatic carbocycles. The molecule has 8 heteroatoms. The molecule has 1 saturated carbocycles. The van der Waals surface area contributed by atoms with Crippen LogP contribution in [0.4, 0.5) is 0 Å². The van der Waals surface area contributed by atoms with E-state index >= 15 is 0 Å². The van der Waals surface area contributed by atoms with E-state index in [0.29, 0.717) is 25.7 Å². The summed E-state index contributed by atoms with van der Waals surface area (Å²) < 4.78 is 23.0. The zero-order valence-corrected chi connectivity index (χ0v) is 10.8. The molecule has 0 spiro atoms. The minimum absolute atomic E-state index is 0.295. The normalized spacial score (nSPS) is 29.3. The molecule has 0 saturated heterocycles. The molecular weight excluding hydrogens is 272 g/mol. The van der Waals surface area contributed by atoms with E-state index in [2.05, 4.69) is 4.99 Å². The molecular formula is C11H13N2O5S-. The molecule has 2 N–H and O–H groups in total. The number of amides is 1. The average molecular weight is 285 g/mol. The lowest BCUT2D eigenvalue weighted by atomic mass is 9.68. The summed E-state index contributed by atoms with van der Waals surface area (Å²) in [6.07, 6.45) is 6.10. The lowest BCUT2D eigenvalue weighted by Crippen LogP contribution is -2.58. The molecule has 2 atom stereocenters. The van der Waals surface area contributed by atoms with Gasteiger partial charge in [0.1, 0.15) is 5.41 Å². The van der Waals surface area contributed by atoms with Crippen LogP contribution in [0.3, 0.4) is 0 Å². The van der Waals surface area contributed by atoms with Crippen LogP contribution in [0.1, 0.15) is 25.7 Å². The van der Waals surface area contributed by atoms with Crippen LogP contribution < -0.4 is 4.72 Å². The van der Waals surface area contributed by atoms with Gasteiger partial charge in [0.2, 0.25) is 0 Å². The average Bonchev–Trinajstić information content (AvgIpc) is 2.98. The van der Waals surface area contributed by atoms with Gasteiger partial charge in [-0.25, -0.2) is 0 Å². The van der Waals surface area contributed by atoms with Gasteiger partial charge in [-0.1, -0.05) is 12.8 Å². The first kappa shape index (κ1) is 13.9. The number of hydrogen-bond acceptors (Lipinski definition) is 5. The highest BCUT2D eigenvalue weighted by molar-refractivity contribution is 7.77. The van der Waals surface area contributed by atoms with Crippen molar-refractivity contribution in [3.05, 3.63) is 12.2 Å². The van der Waals surface area contributed by atoms with Crippen LogP contribution in [-0.2, 0) is 20.9 Å². The number of hydrogen-bond donors (Lipinski definition) is 2. The molecule has 2 unspecified atom stereocenters. The minimum atomic E-state index is -2.80. The first-order chi connectivity index (χ1) is 8.94. The maximum Gasteiger partial charge on any atom is 0.313 e. The number of carbonyl (C=O) groups excluding carboxylic acids is 1. The maximum atomic E-state index is 12.1. The van der Waals surface area contributed by atoms with E-state index in [9.17, 15) is 23.5 Å². The number of carboxylic acid groups (broad SMARTS) is 1. The second-order valence-corrected chi connectivity index (χ2v) is 5.34. The molecule has 0 aromatic carbocycles. The molecule has 0 bridgehead atoms. The molecule has 1 fully saturated rings. The monoisotopic (exact) mass is 285 g/mol. The fourth-order valence-electron chi connectivity index (χ4n) is 2.91. The number of carbonyl (C=O) groups is 2. The summed E-state index contributed by atoms with van der Waals surface area (Å²) in [5, 5.41) is 9.53. The summed E-state index contributed by atoms with van der Waals surface area (Å²) >= 11 is -2.80. The Balaban J connectivity index is 2.47. The van der Waals surface area contributed by atoms with Crippen molar-refractivity contribution in [1.82, 2.24) is 4.72 Å². The van der Waals surface area contributed by atoms with Gasteiger partial charge >= 0.3 is 5.97 Å². The molecule has 2 aliphatic rings. The largest absolute Gasteiger partial charge is 0.755 e. The van der Waals surface area contributed by atoms with Crippen LogP contribution >= 0.6 is 0 Å². The number of allylic oxidation sites excluding steroid dienone is 1. The molecule has 2 rings (SSSR count). The number of aliphatic imine (C=N–C) groups is 1. The van der Waals surface area contributed by atoms with Crippen LogP contribution in [0.15, 0.2) is 17.1 Å². The molecule has 19 heavy (non-hydrogen) atoms. The van der Waals surface area contributed by atoms with Gasteiger partial charge in [-0.2, -0.15) is 0 Å². The Morgan fingerprint density at radius 3 is 2.42 bits per heavy atom. The summed E-state index contributed by atoms with van der Waals surface area (Å²) in [6.45, 7) is 0. The Hall–Kier alpha value is -1.54. The van der Waals surface area contributed by atoms with Crippen LogP contribution in [0.2, 0.25) is 0 Å². The van der Waals surface area contributed by atoms with Crippen LogP contribution in [0, 0.1) is 5.41 Å². The van der Waals surface area contributed by atoms with Crippen molar-refractivity contribution >= 4 is 29.4 Å². The van der Waals surface area contributed by atoms with Crippen molar-refractivity contribution in [3.8, 4) is 0 Å². The molecule has 1 amide bonds. The summed E-state index contributed by atoms with van der Waals surface area (Å²) in [5.74, 6) is -2.05. The van der Waals surface area contributed by atoms with Crippen LogP contribution in [-0.4, -0.2) is 37.5 Å². The number of rotatable bonds is 4. The van der Waals surface area contributed by atoms with E-state index in [1.54, 1.807) is 4.72 Å². The Kier molecular flexibility index (Phi) is 3.55. The van der Waals surface area contributed by atoms with Crippen molar-refractivity contribution in [2.24, 2.45) is 10.4 Å². The topological polar surface area (TPSA) is 119 Å². The van der Waals surface area contributed by atoms with Gasteiger partial charge in [0.25, 0.3) is 5.91 Å². The molecule has 0 radical (unpaired) electrons.